The van der Waals surface area contributed by atoms with Gasteiger partial charge in [0.1, 0.15) is 0 Å². The third kappa shape index (κ3) is 0.976. The lowest BCUT2D eigenvalue weighted by Crippen LogP contribution is -2.39. The SMILES string of the molecule is OC1CCC2C=CCC1O2. The highest BCUT2D eigenvalue weighted by Gasteiger charge is 2.29. The zero-order valence-electron chi connectivity index (χ0n) is 5.86. The van der Waals surface area contributed by atoms with E-state index in [0.717, 1.165) is 19.3 Å². The number of aliphatic hydroxyl groups excluding tert-OH is 1. The van der Waals surface area contributed by atoms with Crippen molar-refractivity contribution in [2.45, 2.75) is 37.6 Å². The summed E-state index contributed by atoms with van der Waals surface area (Å²) >= 11 is 0. The molecule has 0 spiro atoms. The first-order chi connectivity index (χ1) is 4.86. The van der Waals surface area contributed by atoms with Crippen LogP contribution in [0.1, 0.15) is 19.3 Å². The van der Waals surface area contributed by atoms with Gasteiger partial charge in [-0.05, 0) is 19.3 Å². The fraction of sp³-hybridized carbons (Fsp3) is 0.750. The van der Waals surface area contributed by atoms with Gasteiger partial charge in [-0.1, -0.05) is 12.2 Å². The molecule has 1 N–H and O–H groups in total. The van der Waals surface area contributed by atoms with Crippen molar-refractivity contribution in [3.63, 3.8) is 0 Å². The van der Waals surface area contributed by atoms with E-state index in [0.29, 0.717) is 6.10 Å². The van der Waals surface area contributed by atoms with Crippen molar-refractivity contribution in [1.82, 2.24) is 0 Å². The molecule has 0 aromatic rings. The maximum Gasteiger partial charge on any atom is 0.0876 e. The van der Waals surface area contributed by atoms with E-state index in [4.69, 9.17) is 4.74 Å². The number of aliphatic hydroxyl groups is 1. The molecule has 10 heavy (non-hydrogen) atoms. The van der Waals surface area contributed by atoms with Gasteiger partial charge in [-0.25, -0.2) is 0 Å². The van der Waals surface area contributed by atoms with E-state index < -0.39 is 0 Å². The molecule has 2 rings (SSSR count). The molecule has 3 unspecified atom stereocenters. The summed E-state index contributed by atoms with van der Waals surface area (Å²) in [6.07, 6.45) is 7.14. The normalized spacial score (nSPS) is 45.5. The summed E-state index contributed by atoms with van der Waals surface area (Å²) in [5.41, 5.74) is 0. The number of rotatable bonds is 0. The maximum atomic E-state index is 9.36. The lowest BCUT2D eigenvalue weighted by atomic mass is 9.95. The van der Waals surface area contributed by atoms with Gasteiger partial charge in [0.05, 0.1) is 18.3 Å². The quantitative estimate of drug-likeness (QED) is 0.505. The summed E-state index contributed by atoms with van der Waals surface area (Å²) in [5, 5.41) is 9.36. The molecule has 3 atom stereocenters. The lowest BCUT2D eigenvalue weighted by Gasteiger charge is -2.34. The van der Waals surface area contributed by atoms with Crippen molar-refractivity contribution in [3.05, 3.63) is 12.2 Å². The number of fused-ring (bicyclic) bond motifs is 2. The summed E-state index contributed by atoms with van der Waals surface area (Å²) in [6, 6.07) is 0. The molecule has 0 aromatic heterocycles. The first-order valence-corrected chi connectivity index (χ1v) is 3.86. The Balaban J connectivity index is 2.11. The van der Waals surface area contributed by atoms with Gasteiger partial charge in [0.25, 0.3) is 0 Å². The Hall–Kier alpha value is -0.340. The summed E-state index contributed by atoms with van der Waals surface area (Å²) in [5.74, 6) is 0. The second-order valence-electron chi connectivity index (χ2n) is 3.02. The minimum absolute atomic E-state index is 0.0868. The van der Waals surface area contributed by atoms with E-state index in [1.165, 1.54) is 0 Å². The molecule has 2 aliphatic heterocycles. The van der Waals surface area contributed by atoms with Crippen molar-refractivity contribution in [1.29, 1.82) is 0 Å². The van der Waals surface area contributed by atoms with Crippen LogP contribution in [0, 0.1) is 0 Å². The summed E-state index contributed by atoms with van der Waals surface area (Å²) in [7, 11) is 0. The van der Waals surface area contributed by atoms with Gasteiger partial charge < -0.3 is 9.84 Å². The average Bonchev–Trinajstić information content (AvgIpc) is 1.99. The Labute approximate surface area is 60.5 Å². The molecule has 0 amide bonds. The van der Waals surface area contributed by atoms with Gasteiger partial charge in [0.15, 0.2) is 0 Å². The van der Waals surface area contributed by atoms with Crippen molar-refractivity contribution in [3.8, 4) is 0 Å². The third-order valence-corrected chi connectivity index (χ3v) is 2.24. The van der Waals surface area contributed by atoms with E-state index in [-0.39, 0.29) is 12.2 Å². The largest absolute Gasteiger partial charge is 0.390 e. The van der Waals surface area contributed by atoms with Gasteiger partial charge in [0.2, 0.25) is 0 Å². The molecule has 2 aliphatic rings. The van der Waals surface area contributed by atoms with E-state index in [2.05, 4.69) is 12.2 Å². The molecular weight excluding hydrogens is 128 g/mol. The Morgan fingerprint density at radius 3 is 3.10 bits per heavy atom. The fourth-order valence-electron chi connectivity index (χ4n) is 1.62. The highest BCUT2D eigenvalue weighted by atomic mass is 16.5. The van der Waals surface area contributed by atoms with E-state index >= 15 is 0 Å². The molecule has 2 nitrogen and oxygen atoms in total. The van der Waals surface area contributed by atoms with Gasteiger partial charge in [-0.15, -0.1) is 0 Å². The monoisotopic (exact) mass is 140 g/mol. The molecule has 56 valence electrons. The number of hydrogen-bond acceptors (Lipinski definition) is 2. The van der Waals surface area contributed by atoms with Crippen molar-refractivity contribution < 1.29 is 9.84 Å². The van der Waals surface area contributed by atoms with Crippen LogP contribution in [0.4, 0.5) is 0 Å². The van der Waals surface area contributed by atoms with Crippen LogP contribution in [0.3, 0.4) is 0 Å². The second kappa shape index (κ2) is 2.36. The molecule has 0 aromatic carbocycles. The third-order valence-electron chi connectivity index (χ3n) is 2.24. The molecule has 0 aliphatic carbocycles. The summed E-state index contributed by atoms with van der Waals surface area (Å²) in [4.78, 5) is 0. The zero-order chi connectivity index (χ0) is 6.97. The molecule has 2 bridgehead atoms. The van der Waals surface area contributed by atoms with Gasteiger partial charge in [-0.2, -0.15) is 0 Å². The Kier molecular flexibility index (Phi) is 1.51. The molecular formula is C8H12O2. The average molecular weight is 140 g/mol. The maximum absolute atomic E-state index is 9.36. The highest BCUT2D eigenvalue weighted by Crippen LogP contribution is 2.26. The fourth-order valence-corrected chi connectivity index (χ4v) is 1.62. The van der Waals surface area contributed by atoms with Crippen LogP contribution >= 0.6 is 0 Å². The Morgan fingerprint density at radius 1 is 1.40 bits per heavy atom. The molecule has 2 heterocycles. The molecule has 0 saturated carbocycles. The summed E-state index contributed by atoms with van der Waals surface area (Å²) < 4.78 is 5.50. The molecule has 2 heteroatoms. The molecule has 1 saturated heterocycles. The molecule has 0 radical (unpaired) electrons. The van der Waals surface area contributed by atoms with Gasteiger partial charge >= 0.3 is 0 Å². The van der Waals surface area contributed by atoms with Crippen molar-refractivity contribution in [2.75, 3.05) is 0 Å². The standard InChI is InChI=1S/C8H12O2/c9-7-5-4-6-2-1-3-8(7)10-6/h1-2,6-9H,3-5H2. The van der Waals surface area contributed by atoms with Crippen LogP contribution < -0.4 is 0 Å². The zero-order valence-corrected chi connectivity index (χ0v) is 5.86. The van der Waals surface area contributed by atoms with Crippen LogP contribution in [0.25, 0.3) is 0 Å². The van der Waals surface area contributed by atoms with Crippen LogP contribution in [0.15, 0.2) is 12.2 Å². The summed E-state index contributed by atoms with van der Waals surface area (Å²) in [6.45, 7) is 0. The van der Waals surface area contributed by atoms with E-state index in [9.17, 15) is 5.11 Å². The van der Waals surface area contributed by atoms with Crippen LogP contribution in [-0.2, 0) is 4.74 Å². The van der Waals surface area contributed by atoms with E-state index in [1.54, 1.807) is 0 Å². The smallest absolute Gasteiger partial charge is 0.0876 e. The van der Waals surface area contributed by atoms with Crippen molar-refractivity contribution >= 4 is 0 Å². The van der Waals surface area contributed by atoms with Crippen molar-refractivity contribution in [2.24, 2.45) is 0 Å². The number of ether oxygens (including phenoxy) is 1. The van der Waals surface area contributed by atoms with Crippen LogP contribution in [-0.4, -0.2) is 23.4 Å². The number of hydrogen-bond donors (Lipinski definition) is 1. The molecule has 1 fully saturated rings. The van der Waals surface area contributed by atoms with Crippen LogP contribution in [0.5, 0.6) is 0 Å². The predicted molar refractivity (Wildman–Crippen MR) is 37.7 cm³/mol. The van der Waals surface area contributed by atoms with Gasteiger partial charge in [-0.3, -0.25) is 0 Å². The second-order valence-corrected chi connectivity index (χ2v) is 3.02. The topological polar surface area (TPSA) is 29.5 Å². The minimum Gasteiger partial charge on any atom is -0.390 e. The van der Waals surface area contributed by atoms with Gasteiger partial charge in [0, 0.05) is 0 Å². The highest BCUT2D eigenvalue weighted by molar-refractivity contribution is 5.00. The Morgan fingerprint density at radius 2 is 2.30 bits per heavy atom. The minimum atomic E-state index is -0.221. The van der Waals surface area contributed by atoms with E-state index in [1.807, 2.05) is 0 Å². The van der Waals surface area contributed by atoms with Crippen LogP contribution in [0.2, 0.25) is 0 Å². The predicted octanol–water partition coefficient (Wildman–Crippen LogP) is 0.855. The Bertz CT molecular complexity index is 153. The first kappa shape index (κ1) is 6.38. The lowest BCUT2D eigenvalue weighted by molar-refractivity contribution is -0.104. The first-order valence-electron chi connectivity index (χ1n) is 3.86.